The second-order valence-corrected chi connectivity index (χ2v) is 8.72. The van der Waals surface area contributed by atoms with Crippen LogP contribution in [-0.2, 0) is 9.59 Å². The van der Waals surface area contributed by atoms with Crippen LogP contribution < -0.4 is 16.1 Å². The molecule has 0 fully saturated rings. The number of anilines is 2. The monoisotopic (exact) mass is 522 g/mol. The van der Waals surface area contributed by atoms with E-state index in [2.05, 4.69) is 32.0 Å². The summed E-state index contributed by atoms with van der Waals surface area (Å²) in [5, 5.41) is 5.92. The van der Waals surface area contributed by atoms with Crippen LogP contribution in [0.1, 0.15) is 21.6 Å². The van der Waals surface area contributed by atoms with E-state index in [0.717, 1.165) is 15.6 Å². The predicted molar refractivity (Wildman–Crippen MR) is 133 cm³/mol. The number of carbonyl (C=O) groups excluding carboxylic acids is 3. The molecule has 1 aromatic heterocycles. The Morgan fingerprint density at radius 1 is 0.794 bits per heavy atom. The molecule has 0 spiro atoms. The molecule has 0 bridgehead atoms. The first-order valence-corrected chi connectivity index (χ1v) is 11.1. The first-order chi connectivity index (χ1) is 16.2. The number of fused-ring (bicyclic) bond motifs is 1. The van der Waals surface area contributed by atoms with Gasteiger partial charge in [-0.2, -0.15) is 0 Å². The van der Waals surface area contributed by atoms with E-state index in [1.54, 1.807) is 24.3 Å². The number of rotatable bonds is 4. The molecule has 0 radical (unpaired) electrons. The second kappa shape index (κ2) is 9.48. The SMILES string of the molecule is Cc1cc(C)cc(NC(=O)c2cc3cc(Br)ccc3n2NC(=O)C(=O)Nc2ccc(F)cc2)c1. The van der Waals surface area contributed by atoms with E-state index in [0.29, 0.717) is 16.6 Å². The van der Waals surface area contributed by atoms with E-state index in [-0.39, 0.29) is 11.4 Å². The number of hydrogen-bond acceptors (Lipinski definition) is 3. The average molecular weight is 523 g/mol. The number of hydrogen-bond donors (Lipinski definition) is 3. The molecular weight excluding hydrogens is 503 g/mol. The van der Waals surface area contributed by atoms with Gasteiger partial charge in [0.1, 0.15) is 11.5 Å². The molecule has 0 unspecified atom stereocenters. The number of aromatic nitrogens is 1. The van der Waals surface area contributed by atoms with Crippen LogP contribution in [0, 0.1) is 19.7 Å². The number of nitrogens with one attached hydrogen (secondary N) is 3. The topological polar surface area (TPSA) is 92.2 Å². The Morgan fingerprint density at radius 2 is 1.47 bits per heavy atom. The van der Waals surface area contributed by atoms with Crippen LogP contribution >= 0.6 is 15.9 Å². The second-order valence-electron chi connectivity index (χ2n) is 7.80. The Balaban J connectivity index is 1.63. The fraction of sp³-hybridized carbons (Fsp3) is 0.0800. The molecule has 4 aromatic rings. The summed E-state index contributed by atoms with van der Waals surface area (Å²) in [6.07, 6.45) is 0. The molecule has 3 aromatic carbocycles. The van der Waals surface area contributed by atoms with Crippen molar-refractivity contribution >= 4 is 55.9 Å². The Kier molecular flexibility index (Phi) is 6.47. The van der Waals surface area contributed by atoms with Crippen LogP contribution in [0.4, 0.5) is 15.8 Å². The lowest BCUT2D eigenvalue weighted by Crippen LogP contribution is -2.36. The molecule has 7 nitrogen and oxygen atoms in total. The first kappa shape index (κ1) is 23.2. The zero-order valence-electron chi connectivity index (χ0n) is 18.3. The zero-order chi connectivity index (χ0) is 24.4. The highest BCUT2D eigenvalue weighted by atomic mass is 79.9. The van der Waals surface area contributed by atoms with Gasteiger partial charge in [0.15, 0.2) is 0 Å². The summed E-state index contributed by atoms with van der Waals surface area (Å²) >= 11 is 3.40. The highest BCUT2D eigenvalue weighted by molar-refractivity contribution is 9.10. The van der Waals surface area contributed by atoms with Gasteiger partial charge in [0.25, 0.3) is 5.91 Å². The van der Waals surface area contributed by atoms with Crippen molar-refractivity contribution in [1.29, 1.82) is 0 Å². The number of halogens is 2. The maximum absolute atomic E-state index is 13.2. The molecule has 172 valence electrons. The fourth-order valence-electron chi connectivity index (χ4n) is 3.59. The Morgan fingerprint density at radius 3 is 2.15 bits per heavy atom. The number of benzene rings is 3. The normalized spacial score (nSPS) is 10.7. The quantitative estimate of drug-likeness (QED) is 0.325. The predicted octanol–water partition coefficient (Wildman–Crippen LogP) is 5.12. The molecule has 0 atom stereocenters. The summed E-state index contributed by atoms with van der Waals surface area (Å²) in [4.78, 5) is 38.2. The van der Waals surface area contributed by atoms with Gasteiger partial charge >= 0.3 is 11.8 Å². The van der Waals surface area contributed by atoms with Crippen LogP contribution in [0.3, 0.4) is 0 Å². The minimum absolute atomic E-state index is 0.134. The third-order valence-electron chi connectivity index (χ3n) is 5.00. The van der Waals surface area contributed by atoms with E-state index < -0.39 is 23.5 Å². The van der Waals surface area contributed by atoms with Crippen LogP contribution in [0.25, 0.3) is 10.9 Å². The molecule has 0 saturated heterocycles. The summed E-state index contributed by atoms with van der Waals surface area (Å²) in [7, 11) is 0. The lowest BCUT2D eigenvalue weighted by atomic mass is 10.1. The standard InChI is InChI=1S/C25H20BrFN4O3/c1-14-9-15(2)11-20(10-14)29-23(32)22-13-16-12-17(26)3-8-21(16)31(22)30-25(34)24(33)28-19-6-4-18(27)5-7-19/h3-13H,1-2H3,(H,28,33)(H,29,32)(H,30,34). The van der Waals surface area contributed by atoms with Gasteiger partial charge in [-0.25, -0.2) is 9.07 Å². The van der Waals surface area contributed by atoms with Gasteiger partial charge in [-0.1, -0.05) is 22.0 Å². The summed E-state index contributed by atoms with van der Waals surface area (Å²) in [6.45, 7) is 3.86. The molecule has 0 aliphatic rings. The number of nitrogens with zero attached hydrogens (tertiary/aromatic N) is 1. The molecule has 34 heavy (non-hydrogen) atoms. The van der Waals surface area contributed by atoms with Crippen molar-refractivity contribution in [1.82, 2.24) is 4.68 Å². The largest absolute Gasteiger partial charge is 0.328 e. The maximum Gasteiger partial charge on any atom is 0.328 e. The number of aryl methyl sites for hydroxylation is 2. The van der Waals surface area contributed by atoms with Crippen molar-refractivity contribution < 1.29 is 18.8 Å². The van der Waals surface area contributed by atoms with Crippen molar-refractivity contribution in [2.24, 2.45) is 0 Å². The van der Waals surface area contributed by atoms with Gasteiger partial charge in [-0.05, 0) is 85.6 Å². The molecular formula is C25H20BrFN4O3. The molecule has 0 aliphatic carbocycles. The lowest BCUT2D eigenvalue weighted by molar-refractivity contribution is -0.133. The van der Waals surface area contributed by atoms with E-state index in [9.17, 15) is 18.8 Å². The van der Waals surface area contributed by atoms with E-state index in [1.807, 2.05) is 32.0 Å². The average Bonchev–Trinajstić information content (AvgIpc) is 3.12. The zero-order valence-corrected chi connectivity index (χ0v) is 19.9. The van der Waals surface area contributed by atoms with Crippen molar-refractivity contribution in [2.45, 2.75) is 13.8 Å². The van der Waals surface area contributed by atoms with Crippen molar-refractivity contribution in [3.05, 3.63) is 93.8 Å². The van der Waals surface area contributed by atoms with Gasteiger partial charge in [0.2, 0.25) is 0 Å². The third-order valence-corrected chi connectivity index (χ3v) is 5.49. The Hall–Kier alpha value is -3.98. The highest BCUT2D eigenvalue weighted by Crippen LogP contribution is 2.24. The molecule has 1 heterocycles. The van der Waals surface area contributed by atoms with Crippen molar-refractivity contribution in [2.75, 3.05) is 16.1 Å². The summed E-state index contributed by atoms with van der Waals surface area (Å²) < 4.78 is 15.2. The molecule has 0 saturated carbocycles. The van der Waals surface area contributed by atoms with E-state index >= 15 is 0 Å². The van der Waals surface area contributed by atoms with Gasteiger partial charge in [0, 0.05) is 21.2 Å². The van der Waals surface area contributed by atoms with Gasteiger partial charge in [-0.3, -0.25) is 19.8 Å². The van der Waals surface area contributed by atoms with Crippen LogP contribution in [0.5, 0.6) is 0 Å². The van der Waals surface area contributed by atoms with Crippen LogP contribution in [0.15, 0.2) is 71.2 Å². The van der Waals surface area contributed by atoms with E-state index in [4.69, 9.17) is 0 Å². The Labute approximate surface area is 203 Å². The summed E-state index contributed by atoms with van der Waals surface area (Å²) in [5.41, 5.74) is 6.00. The van der Waals surface area contributed by atoms with Gasteiger partial charge in [0.05, 0.1) is 5.52 Å². The van der Waals surface area contributed by atoms with Gasteiger partial charge in [-0.15, -0.1) is 0 Å². The summed E-state index contributed by atoms with van der Waals surface area (Å²) in [5.74, 6) is -2.89. The van der Waals surface area contributed by atoms with Crippen molar-refractivity contribution in [3.8, 4) is 0 Å². The number of amides is 3. The lowest BCUT2D eigenvalue weighted by Gasteiger charge is -2.13. The minimum atomic E-state index is -0.995. The molecule has 0 aliphatic heterocycles. The third kappa shape index (κ3) is 5.15. The van der Waals surface area contributed by atoms with Crippen LogP contribution in [-0.4, -0.2) is 22.4 Å². The molecule has 4 rings (SSSR count). The van der Waals surface area contributed by atoms with E-state index in [1.165, 1.54) is 28.9 Å². The Bertz CT molecular complexity index is 1410. The van der Waals surface area contributed by atoms with Gasteiger partial charge < -0.3 is 10.6 Å². The van der Waals surface area contributed by atoms with Crippen LogP contribution in [0.2, 0.25) is 0 Å². The molecule has 3 N–H and O–H groups in total. The van der Waals surface area contributed by atoms with Crippen molar-refractivity contribution in [3.63, 3.8) is 0 Å². The maximum atomic E-state index is 13.2. The smallest absolute Gasteiger partial charge is 0.321 e. The first-order valence-electron chi connectivity index (χ1n) is 10.3. The molecule has 9 heteroatoms. The fourth-order valence-corrected chi connectivity index (χ4v) is 3.97. The molecule has 3 amide bonds. The number of carbonyl (C=O) groups is 3. The minimum Gasteiger partial charge on any atom is -0.321 e. The summed E-state index contributed by atoms with van der Waals surface area (Å²) in [6, 6.07) is 17.6. The highest BCUT2D eigenvalue weighted by Gasteiger charge is 2.21.